The first kappa shape index (κ1) is 24.2. The van der Waals surface area contributed by atoms with Crippen molar-refractivity contribution in [2.75, 3.05) is 63.0 Å². The van der Waals surface area contributed by atoms with Gasteiger partial charge in [0.15, 0.2) is 6.29 Å². The predicted molar refractivity (Wildman–Crippen MR) is 103 cm³/mol. The van der Waals surface area contributed by atoms with Crippen LogP contribution < -0.4 is 0 Å². The lowest BCUT2D eigenvalue weighted by Gasteiger charge is -2.55. The van der Waals surface area contributed by atoms with E-state index in [1.807, 2.05) is 0 Å². The standard InChI is InChI=1S/C20H36O10/c1-21-10-20-18(26-6)16(24-4)15(23-3)12(30-20)8-11-13(9-28-20)29-19(27-7)17(25-5)14(11)22-2/h11-19H,8-10H2,1-7H3/t11-,12-,13-,14+,15-,16-,17-,18+,19+,20-/m1/s1. The lowest BCUT2D eigenvalue weighted by atomic mass is 9.79. The van der Waals surface area contributed by atoms with Crippen molar-refractivity contribution in [2.24, 2.45) is 5.92 Å². The Labute approximate surface area is 178 Å². The van der Waals surface area contributed by atoms with Gasteiger partial charge in [0, 0.05) is 55.7 Å². The van der Waals surface area contributed by atoms with E-state index < -0.39 is 24.3 Å². The molecule has 0 aromatic heterocycles. The summed E-state index contributed by atoms with van der Waals surface area (Å²) in [6.45, 7) is 0.405. The van der Waals surface area contributed by atoms with Gasteiger partial charge in [-0.15, -0.1) is 0 Å². The predicted octanol–water partition coefficient (Wildman–Crippen LogP) is 0.211. The van der Waals surface area contributed by atoms with Crippen LogP contribution in [0.2, 0.25) is 0 Å². The van der Waals surface area contributed by atoms with Crippen molar-refractivity contribution in [1.82, 2.24) is 0 Å². The van der Waals surface area contributed by atoms with Crippen LogP contribution in [0.5, 0.6) is 0 Å². The van der Waals surface area contributed by atoms with E-state index in [2.05, 4.69) is 0 Å². The molecule has 10 atom stereocenters. The SMILES string of the molecule is COC[C@@]12OC[C@H]3O[C@H](OC)[C@H](OC)[C@@H](OC)[C@@H]3C[C@@H](O1)[C@@H](OC)[C@@H](OC)[C@@H]2OC. The fraction of sp³-hybridized carbons (Fsp3) is 1.00. The van der Waals surface area contributed by atoms with Gasteiger partial charge >= 0.3 is 0 Å². The van der Waals surface area contributed by atoms with Gasteiger partial charge in [0.1, 0.15) is 31.0 Å². The summed E-state index contributed by atoms with van der Waals surface area (Å²) in [5, 5.41) is 0. The highest BCUT2D eigenvalue weighted by Gasteiger charge is 2.60. The molecule has 3 heterocycles. The maximum Gasteiger partial charge on any atom is 0.222 e. The fourth-order valence-corrected chi connectivity index (χ4v) is 5.18. The van der Waals surface area contributed by atoms with Crippen molar-refractivity contribution in [1.29, 1.82) is 0 Å². The molecule has 0 spiro atoms. The number of rotatable bonds is 8. The van der Waals surface area contributed by atoms with Crippen LogP contribution in [0.3, 0.4) is 0 Å². The second-order valence-corrected chi connectivity index (χ2v) is 7.85. The molecule has 30 heavy (non-hydrogen) atoms. The van der Waals surface area contributed by atoms with Gasteiger partial charge in [0.2, 0.25) is 5.79 Å². The van der Waals surface area contributed by atoms with Crippen LogP contribution in [0.1, 0.15) is 6.42 Å². The van der Waals surface area contributed by atoms with Crippen LogP contribution in [0.25, 0.3) is 0 Å². The molecule has 2 bridgehead atoms. The van der Waals surface area contributed by atoms with Crippen LogP contribution in [0.15, 0.2) is 0 Å². The second-order valence-electron chi connectivity index (χ2n) is 7.85. The molecule has 0 radical (unpaired) electrons. The average Bonchev–Trinajstić information content (AvgIpc) is 2.76. The molecular formula is C20H36O10. The zero-order valence-corrected chi connectivity index (χ0v) is 18.9. The van der Waals surface area contributed by atoms with Crippen LogP contribution in [-0.4, -0.2) is 118 Å². The van der Waals surface area contributed by atoms with E-state index in [-0.39, 0.29) is 49.7 Å². The molecule has 0 saturated carbocycles. The number of hydrogen-bond donors (Lipinski definition) is 0. The molecule has 10 heteroatoms. The first-order valence-electron chi connectivity index (χ1n) is 10.2. The summed E-state index contributed by atoms with van der Waals surface area (Å²) in [6, 6.07) is 0. The van der Waals surface area contributed by atoms with Crippen molar-refractivity contribution in [2.45, 2.75) is 61.2 Å². The zero-order chi connectivity index (χ0) is 21.9. The molecule has 10 nitrogen and oxygen atoms in total. The van der Waals surface area contributed by atoms with Gasteiger partial charge in [-0.1, -0.05) is 0 Å². The molecule has 0 aliphatic carbocycles. The van der Waals surface area contributed by atoms with E-state index in [9.17, 15) is 0 Å². The Morgan fingerprint density at radius 1 is 0.733 bits per heavy atom. The van der Waals surface area contributed by atoms with Gasteiger partial charge in [-0.25, -0.2) is 0 Å². The quantitative estimate of drug-likeness (QED) is 0.526. The number of hydrogen-bond acceptors (Lipinski definition) is 10. The summed E-state index contributed by atoms with van der Waals surface area (Å²) in [6.07, 6.45) is -2.69. The molecule has 3 rings (SSSR count). The van der Waals surface area contributed by atoms with E-state index in [1.54, 1.807) is 49.8 Å². The summed E-state index contributed by atoms with van der Waals surface area (Å²) in [5.74, 6) is -1.24. The van der Waals surface area contributed by atoms with Crippen molar-refractivity contribution in [3.63, 3.8) is 0 Å². The molecule has 176 valence electrons. The largest absolute Gasteiger partial charge is 0.379 e. The van der Waals surface area contributed by atoms with Crippen LogP contribution in [-0.2, 0) is 47.4 Å². The molecule has 3 aliphatic heterocycles. The van der Waals surface area contributed by atoms with Gasteiger partial charge < -0.3 is 47.4 Å². The minimum Gasteiger partial charge on any atom is -0.379 e. The Bertz CT molecular complexity index is 536. The summed E-state index contributed by atoms with van der Waals surface area (Å²) >= 11 is 0. The van der Waals surface area contributed by atoms with E-state index >= 15 is 0 Å². The van der Waals surface area contributed by atoms with Crippen molar-refractivity contribution < 1.29 is 47.4 Å². The lowest BCUT2D eigenvalue weighted by molar-refractivity contribution is -0.403. The first-order chi connectivity index (χ1) is 14.5. The first-order valence-corrected chi connectivity index (χ1v) is 10.2. The highest BCUT2D eigenvalue weighted by molar-refractivity contribution is 5.04. The normalized spacial score (nSPS) is 46.7. The Kier molecular flexibility index (Phi) is 8.47. The molecule has 0 aromatic rings. The van der Waals surface area contributed by atoms with Crippen molar-refractivity contribution >= 4 is 0 Å². The molecule has 0 N–H and O–H groups in total. The fourth-order valence-electron chi connectivity index (χ4n) is 5.18. The van der Waals surface area contributed by atoms with Gasteiger partial charge in [-0.2, -0.15) is 0 Å². The molecule has 3 fully saturated rings. The molecule has 3 saturated heterocycles. The van der Waals surface area contributed by atoms with E-state index in [0.29, 0.717) is 6.42 Å². The Balaban J connectivity index is 1.99. The number of ether oxygens (including phenoxy) is 10. The van der Waals surface area contributed by atoms with Gasteiger partial charge in [0.25, 0.3) is 0 Å². The third-order valence-electron chi connectivity index (χ3n) is 6.49. The summed E-state index contributed by atoms with van der Waals surface area (Å²) in [5.41, 5.74) is 0. The van der Waals surface area contributed by atoms with Crippen LogP contribution >= 0.6 is 0 Å². The second kappa shape index (κ2) is 10.5. The van der Waals surface area contributed by atoms with Crippen molar-refractivity contribution in [3.8, 4) is 0 Å². The Morgan fingerprint density at radius 3 is 1.93 bits per heavy atom. The van der Waals surface area contributed by atoms with Crippen LogP contribution in [0.4, 0.5) is 0 Å². The average molecular weight is 436 g/mol. The zero-order valence-electron chi connectivity index (χ0n) is 18.9. The maximum absolute atomic E-state index is 6.50. The highest BCUT2D eigenvalue weighted by Crippen LogP contribution is 2.43. The number of fused-ring (bicyclic) bond motifs is 3. The monoisotopic (exact) mass is 436 g/mol. The molecule has 0 unspecified atom stereocenters. The van der Waals surface area contributed by atoms with E-state index in [0.717, 1.165) is 0 Å². The lowest BCUT2D eigenvalue weighted by Crippen LogP contribution is -2.71. The van der Waals surface area contributed by atoms with Crippen LogP contribution in [0, 0.1) is 5.92 Å². The molecule has 0 amide bonds. The molecule has 0 aromatic carbocycles. The van der Waals surface area contributed by atoms with Gasteiger partial charge in [0.05, 0.1) is 24.9 Å². The van der Waals surface area contributed by atoms with Gasteiger partial charge in [-0.05, 0) is 6.42 Å². The Hall–Kier alpha value is -0.400. The summed E-state index contributed by atoms with van der Waals surface area (Å²) < 4.78 is 59.0. The van der Waals surface area contributed by atoms with Gasteiger partial charge in [-0.3, -0.25) is 0 Å². The smallest absolute Gasteiger partial charge is 0.222 e. The van der Waals surface area contributed by atoms with E-state index in [1.165, 1.54) is 0 Å². The third-order valence-corrected chi connectivity index (χ3v) is 6.49. The topological polar surface area (TPSA) is 92.3 Å². The molecular weight excluding hydrogens is 400 g/mol. The number of methoxy groups -OCH3 is 7. The minimum atomic E-state index is -1.17. The highest BCUT2D eigenvalue weighted by atomic mass is 16.8. The van der Waals surface area contributed by atoms with Crippen molar-refractivity contribution in [3.05, 3.63) is 0 Å². The minimum absolute atomic E-state index is 0.0776. The molecule has 3 aliphatic rings. The van der Waals surface area contributed by atoms with E-state index in [4.69, 9.17) is 47.4 Å². The maximum atomic E-state index is 6.50. The Morgan fingerprint density at radius 2 is 1.40 bits per heavy atom. The third kappa shape index (κ3) is 4.15. The summed E-state index contributed by atoms with van der Waals surface area (Å²) in [4.78, 5) is 0. The summed E-state index contributed by atoms with van der Waals surface area (Å²) in [7, 11) is 11.3.